The summed E-state index contributed by atoms with van der Waals surface area (Å²) in [5, 5.41) is 0. The summed E-state index contributed by atoms with van der Waals surface area (Å²) in [4.78, 5) is 0.246. The van der Waals surface area contributed by atoms with Gasteiger partial charge in [-0.05, 0) is 37.0 Å². The van der Waals surface area contributed by atoms with Gasteiger partial charge in [-0.1, -0.05) is 18.9 Å². The molecule has 1 aliphatic carbocycles. The van der Waals surface area contributed by atoms with E-state index in [2.05, 4.69) is 4.72 Å². The number of hydrogen-bond donors (Lipinski definition) is 2. The van der Waals surface area contributed by atoms with Crippen LogP contribution in [0.5, 0.6) is 0 Å². The van der Waals surface area contributed by atoms with Crippen molar-refractivity contribution < 1.29 is 8.42 Å². The Hall–Kier alpha value is -1.07. The molecule has 1 aromatic carbocycles. The van der Waals surface area contributed by atoms with Gasteiger partial charge < -0.3 is 5.73 Å². The van der Waals surface area contributed by atoms with Crippen LogP contribution in [-0.2, 0) is 10.0 Å². The summed E-state index contributed by atoms with van der Waals surface area (Å²) in [7, 11) is -3.40. The van der Waals surface area contributed by atoms with E-state index >= 15 is 0 Å². The van der Waals surface area contributed by atoms with Crippen LogP contribution >= 0.6 is 0 Å². The summed E-state index contributed by atoms with van der Waals surface area (Å²) in [5.74, 6) is 0.492. The highest BCUT2D eigenvalue weighted by molar-refractivity contribution is 7.89. The van der Waals surface area contributed by atoms with Crippen molar-refractivity contribution >= 4 is 15.7 Å². The highest BCUT2D eigenvalue weighted by Gasteiger charge is 2.19. The molecule has 3 N–H and O–H groups in total. The monoisotopic (exact) mass is 254 g/mol. The predicted molar refractivity (Wildman–Crippen MR) is 68.0 cm³/mol. The molecular formula is C12H18N2O2S. The fraction of sp³-hybridized carbons (Fsp3) is 0.500. The van der Waals surface area contributed by atoms with Crippen LogP contribution < -0.4 is 10.5 Å². The lowest BCUT2D eigenvalue weighted by Gasteiger charge is -2.11. The summed E-state index contributed by atoms with van der Waals surface area (Å²) in [5.41, 5.74) is 6.05. The lowest BCUT2D eigenvalue weighted by atomic mass is 10.1. The smallest absolute Gasteiger partial charge is 0.240 e. The van der Waals surface area contributed by atoms with Gasteiger partial charge in [-0.3, -0.25) is 0 Å². The molecular weight excluding hydrogens is 236 g/mol. The third-order valence-corrected chi connectivity index (χ3v) is 4.63. The summed E-state index contributed by atoms with van der Waals surface area (Å²) < 4.78 is 26.6. The summed E-state index contributed by atoms with van der Waals surface area (Å²) in [6.45, 7) is 0.539. The number of nitrogens with two attached hydrogens (primary N) is 1. The standard InChI is InChI=1S/C12H18N2O2S/c13-11-6-3-7-12(8-11)17(15,16)14-9-10-4-1-2-5-10/h3,6-8,10,14H,1-2,4-5,9,13H2. The molecule has 0 heterocycles. The van der Waals surface area contributed by atoms with Gasteiger partial charge in [-0.25, -0.2) is 13.1 Å². The molecule has 1 aliphatic rings. The van der Waals surface area contributed by atoms with E-state index in [1.165, 1.54) is 18.9 Å². The fourth-order valence-corrected chi connectivity index (χ4v) is 3.38. The Bertz CT molecular complexity index is 479. The number of hydrogen-bond acceptors (Lipinski definition) is 3. The van der Waals surface area contributed by atoms with Crippen molar-refractivity contribution in [3.05, 3.63) is 24.3 Å². The van der Waals surface area contributed by atoms with E-state index in [0.29, 0.717) is 18.2 Å². The molecule has 17 heavy (non-hydrogen) atoms. The number of nitrogen functional groups attached to an aromatic ring is 1. The fourth-order valence-electron chi connectivity index (χ4n) is 2.21. The van der Waals surface area contributed by atoms with Gasteiger partial charge in [0.15, 0.2) is 0 Å². The summed E-state index contributed by atoms with van der Waals surface area (Å²) in [6.07, 6.45) is 4.67. The van der Waals surface area contributed by atoms with Gasteiger partial charge in [-0.15, -0.1) is 0 Å². The third-order valence-electron chi connectivity index (χ3n) is 3.21. The van der Waals surface area contributed by atoms with Crippen LogP contribution in [0.2, 0.25) is 0 Å². The number of sulfonamides is 1. The Morgan fingerprint density at radius 2 is 2.00 bits per heavy atom. The zero-order valence-corrected chi connectivity index (χ0v) is 10.5. The minimum Gasteiger partial charge on any atom is -0.399 e. The largest absolute Gasteiger partial charge is 0.399 e. The average Bonchev–Trinajstić information content (AvgIpc) is 2.79. The van der Waals surface area contributed by atoms with Gasteiger partial charge in [0.1, 0.15) is 0 Å². The van der Waals surface area contributed by atoms with Crippen LogP contribution in [0.1, 0.15) is 25.7 Å². The SMILES string of the molecule is Nc1cccc(S(=O)(=O)NCC2CCCC2)c1. The Balaban J connectivity index is 2.03. The van der Waals surface area contributed by atoms with E-state index in [0.717, 1.165) is 12.8 Å². The van der Waals surface area contributed by atoms with Crippen molar-refractivity contribution in [3.63, 3.8) is 0 Å². The molecule has 0 bridgehead atoms. The lowest BCUT2D eigenvalue weighted by Crippen LogP contribution is -2.28. The van der Waals surface area contributed by atoms with E-state index in [1.807, 2.05) is 0 Å². The van der Waals surface area contributed by atoms with E-state index < -0.39 is 10.0 Å². The molecule has 0 radical (unpaired) electrons. The Labute approximate surface area is 102 Å². The summed E-state index contributed by atoms with van der Waals surface area (Å²) >= 11 is 0. The lowest BCUT2D eigenvalue weighted by molar-refractivity contribution is 0.519. The van der Waals surface area contributed by atoms with Gasteiger partial charge in [0.25, 0.3) is 0 Å². The number of anilines is 1. The molecule has 0 saturated heterocycles. The van der Waals surface area contributed by atoms with E-state index in [-0.39, 0.29) is 4.90 Å². The second kappa shape index (κ2) is 5.06. The first kappa shape index (κ1) is 12.4. The Morgan fingerprint density at radius 3 is 2.65 bits per heavy atom. The first-order valence-corrected chi connectivity index (χ1v) is 7.41. The van der Waals surface area contributed by atoms with Crippen LogP contribution in [0.15, 0.2) is 29.2 Å². The van der Waals surface area contributed by atoms with Gasteiger partial charge in [0.05, 0.1) is 4.90 Å². The molecule has 5 heteroatoms. The predicted octanol–water partition coefficient (Wildman–Crippen LogP) is 1.74. The van der Waals surface area contributed by atoms with Crippen molar-refractivity contribution in [1.29, 1.82) is 0 Å². The average molecular weight is 254 g/mol. The molecule has 1 aromatic rings. The molecule has 0 unspecified atom stereocenters. The minimum absolute atomic E-state index is 0.246. The van der Waals surface area contributed by atoms with Crippen molar-refractivity contribution in [2.45, 2.75) is 30.6 Å². The van der Waals surface area contributed by atoms with Crippen LogP contribution in [0.4, 0.5) is 5.69 Å². The maximum atomic E-state index is 12.0. The molecule has 1 fully saturated rings. The van der Waals surface area contributed by atoms with Gasteiger partial charge >= 0.3 is 0 Å². The minimum atomic E-state index is -3.40. The second-order valence-electron chi connectivity index (χ2n) is 4.57. The topological polar surface area (TPSA) is 72.2 Å². The first-order chi connectivity index (χ1) is 8.08. The van der Waals surface area contributed by atoms with Gasteiger partial charge in [0.2, 0.25) is 10.0 Å². The molecule has 0 amide bonds. The van der Waals surface area contributed by atoms with Crippen LogP contribution in [-0.4, -0.2) is 15.0 Å². The Kier molecular flexibility index (Phi) is 3.69. The van der Waals surface area contributed by atoms with Crippen molar-refractivity contribution in [1.82, 2.24) is 4.72 Å². The maximum absolute atomic E-state index is 12.0. The maximum Gasteiger partial charge on any atom is 0.240 e. The first-order valence-electron chi connectivity index (χ1n) is 5.93. The molecule has 2 rings (SSSR count). The highest BCUT2D eigenvalue weighted by atomic mass is 32.2. The molecule has 0 aliphatic heterocycles. The molecule has 0 spiro atoms. The van der Waals surface area contributed by atoms with E-state index in [4.69, 9.17) is 5.73 Å². The molecule has 0 aromatic heterocycles. The van der Waals surface area contributed by atoms with Crippen LogP contribution in [0.25, 0.3) is 0 Å². The van der Waals surface area contributed by atoms with Crippen LogP contribution in [0.3, 0.4) is 0 Å². The van der Waals surface area contributed by atoms with Crippen molar-refractivity contribution in [3.8, 4) is 0 Å². The normalized spacial score (nSPS) is 17.4. The van der Waals surface area contributed by atoms with Crippen molar-refractivity contribution in [2.75, 3.05) is 12.3 Å². The quantitative estimate of drug-likeness (QED) is 0.804. The van der Waals surface area contributed by atoms with E-state index in [1.54, 1.807) is 18.2 Å². The second-order valence-corrected chi connectivity index (χ2v) is 6.34. The molecule has 4 nitrogen and oxygen atoms in total. The molecule has 1 saturated carbocycles. The number of benzene rings is 1. The van der Waals surface area contributed by atoms with Gasteiger partial charge in [0, 0.05) is 12.2 Å². The van der Waals surface area contributed by atoms with Crippen LogP contribution in [0, 0.1) is 5.92 Å². The number of nitrogens with one attached hydrogen (secondary N) is 1. The third kappa shape index (κ3) is 3.20. The molecule has 94 valence electrons. The zero-order chi connectivity index (χ0) is 12.3. The van der Waals surface area contributed by atoms with Crippen molar-refractivity contribution in [2.24, 2.45) is 5.92 Å². The van der Waals surface area contributed by atoms with Gasteiger partial charge in [-0.2, -0.15) is 0 Å². The number of rotatable bonds is 4. The highest BCUT2D eigenvalue weighted by Crippen LogP contribution is 2.24. The molecule has 0 atom stereocenters. The van der Waals surface area contributed by atoms with E-state index in [9.17, 15) is 8.42 Å². The Morgan fingerprint density at radius 1 is 1.29 bits per heavy atom. The zero-order valence-electron chi connectivity index (χ0n) is 9.72. The summed E-state index contributed by atoms with van der Waals surface area (Å²) in [6, 6.07) is 6.37.